The second-order valence-corrected chi connectivity index (χ2v) is 7.84. The summed E-state index contributed by atoms with van der Waals surface area (Å²) in [6.07, 6.45) is 2.84. The Kier molecular flexibility index (Phi) is 7.77. The van der Waals surface area contributed by atoms with Crippen LogP contribution in [-0.2, 0) is 4.79 Å². The first kappa shape index (κ1) is 18.5. The highest BCUT2D eigenvalue weighted by molar-refractivity contribution is 9.10. The number of halogens is 1. The molecule has 3 nitrogen and oxygen atoms in total. The van der Waals surface area contributed by atoms with E-state index in [1.54, 1.807) is 0 Å². The summed E-state index contributed by atoms with van der Waals surface area (Å²) in [5, 5.41) is 3.28. The fourth-order valence-electron chi connectivity index (χ4n) is 2.21. The normalized spacial score (nSPS) is 14.1. The standard InChI is InChI=1S/C16H25BrN2OS/c1-12(2)19-16(3,15(18)20)10-4-5-11-21-14-8-6-13(17)7-9-14/h6-9,12,19H,4-5,10-11H2,1-3H3,(H2,18,20). The predicted molar refractivity (Wildman–Crippen MR) is 94.6 cm³/mol. The van der Waals surface area contributed by atoms with Crippen molar-refractivity contribution in [3.63, 3.8) is 0 Å². The minimum absolute atomic E-state index is 0.250. The summed E-state index contributed by atoms with van der Waals surface area (Å²) in [6.45, 7) is 5.96. The summed E-state index contributed by atoms with van der Waals surface area (Å²) in [5.74, 6) is 0.787. The predicted octanol–water partition coefficient (Wildman–Crippen LogP) is 3.95. The van der Waals surface area contributed by atoms with Gasteiger partial charge in [-0.15, -0.1) is 11.8 Å². The number of carbonyl (C=O) groups excluding carboxylic acids is 1. The summed E-state index contributed by atoms with van der Waals surface area (Å²) in [4.78, 5) is 12.9. The number of primary amides is 1. The Morgan fingerprint density at radius 1 is 1.33 bits per heavy atom. The molecule has 0 bridgehead atoms. The van der Waals surface area contributed by atoms with Crippen LogP contribution in [0, 0.1) is 0 Å². The summed E-state index contributed by atoms with van der Waals surface area (Å²) in [7, 11) is 0. The quantitative estimate of drug-likeness (QED) is 0.509. The number of nitrogens with one attached hydrogen (secondary N) is 1. The summed E-state index contributed by atoms with van der Waals surface area (Å²) >= 11 is 5.28. The lowest BCUT2D eigenvalue weighted by atomic mass is 9.93. The molecule has 1 rings (SSSR count). The Morgan fingerprint density at radius 3 is 2.48 bits per heavy atom. The van der Waals surface area contributed by atoms with Crippen LogP contribution in [0.4, 0.5) is 0 Å². The van der Waals surface area contributed by atoms with E-state index in [9.17, 15) is 4.79 Å². The maximum atomic E-state index is 11.6. The number of hydrogen-bond donors (Lipinski definition) is 2. The van der Waals surface area contributed by atoms with Crippen molar-refractivity contribution in [2.75, 3.05) is 5.75 Å². The highest BCUT2D eigenvalue weighted by Gasteiger charge is 2.30. The lowest BCUT2D eigenvalue weighted by Crippen LogP contribution is -2.55. The number of carbonyl (C=O) groups is 1. The Bertz CT molecular complexity index is 450. The van der Waals surface area contributed by atoms with Crippen LogP contribution >= 0.6 is 27.7 Å². The Hall–Kier alpha value is -0.520. The van der Waals surface area contributed by atoms with Crippen molar-refractivity contribution in [2.24, 2.45) is 5.73 Å². The van der Waals surface area contributed by atoms with E-state index >= 15 is 0 Å². The number of nitrogens with two attached hydrogens (primary N) is 1. The number of amides is 1. The molecule has 0 heterocycles. The average molecular weight is 373 g/mol. The molecule has 0 fully saturated rings. The molecule has 5 heteroatoms. The highest BCUT2D eigenvalue weighted by Crippen LogP contribution is 2.23. The summed E-state index contributed by atoms with van der Waals surface area (Å²) in [5.41, 5.74) is 4.93. The average Bonchev–Trinajstić information content (AvgIpc) is 2.39. The van der Waals surface area contributed by atoms with E-state index in [-0.39, 0.29) is 11.9 Å². The smallest absolute Gasteiger partial charge is 0.237 e. The molecule has 0 saturated heterocycles. The highest BCUT2D eigenvalue weighted by atomic mass is 79.9. The second kappa shape index (κ2) is 8.81. The van der Waals surface area contributed by atoms with Gasteiger partial charge in [-0.25, -0.2) is 0 Å². The third-order valence-corrected chi connectivity index (χ3v) is 4.93. The minimum atomic E-state index is -0.601. The van der Waals surface area contributed by atoms with Crippen LogP contribution in [0.5, 0.6) is 0 Å². The summed E-state index contributed by atoms with van der Waals surface area (Å²) in [6, 6.07) is 8.59. The summed E-state index contributed by atoms with van der Waals surface area (Å²) < 4.78 is 1.10. The van der Waals surface area contributed by atoms with Gasteiger partial charge in [0, 0.05) is 15.4 Å². The van der Waals surface area contributed by atoms with Crippen molar-refractivity contribution in [1.29, 1.82) is 0 Å². The molecule has 0 radical (unpaired) electrons. The van der Waals surface area contributed by atoms with E-state index in [2.05, 4.69) is 45.5 Å². The third kappa shape index (κ3) is 6.85. The molecule has 1 amide bonds. The van der Waals surface area contributed by atoms with E-state index in [4.69, 9.17) is 5.73 Å². The van der Waals surface area contributed by atoms with Gasteiger partial charge in [-0.3, -0.25) is 4.79 Å². The van der Waals surface area contributed by atoms with E-state index in [0.29, 0.717) is 0 Å². The van der Waals surface area contributed by atoms with Gasteiger partial charge in [0.05, 0.1) is 5.54 Å². The fourth-order valence-corrected chi connectivity index (χ4v) is 3.38. The first-order valence-corrected chi connectivity index (χ1v) is 9.07. The molecule has 0 spiro atoms. The van der Waals surface area contributed by atoms with Gasteiger partial charge in [-0.1, -0.05) is 22.4 Å². The van der Waals surface area contributed by atoms with E-state index < -0.39 is 5.54 Å². The van der Waals surface area contributed by atoms with Gasteiger partial charge in [-0.05, 0) is 63.6 Å². The molecule has 0 saturated carbocycles. The zero-order chi connectivity index (χ0) is 15.9. The van der Waals surface area contributed by atoms with Gasteiger partial charge in [0.2, 0.25) is 5.91 Å². The largest absolute Gasteiger partial charge is 0.368 e. The third-order valence-electron chi connectivity index (χ3n) is 3.30. The van der Waals surface area contributed by atoms with Gasteiger partial charge in [-0.2, -0.15) is 0 Å². The molecule has 3 N–H and O–H groups in total. The molecule has 1 aromatic rings. The molecule has 0 aliphatic carbocycles. The van der Waals surface area contributed by atoms with Crippen molar-refractivity contribution < 1.29 is 4.79 Å². The number of thioether (sulfide) groups is 1. The lowest BCUT2D eigenvalue weighted by Gasteiger charge is -2.29. The zero-order valence-corrected chi connectivity index (χ0v) is 15.4. The van der Waals surface area contributed by atoms with Crippen molar-refractivity contribution in [1.82, 2.24) is 5.32 Å². The van der Waals surface area contributed by atoms with Crippen LogP contribution in [0.1, 0.15) is 40.0 Å². The molecule has 1 atom stereocenters. The van der Waals surface area contributed by atoms with Crippen molar-refractivity contribution >= 4 is 33.6 Å². The van der Waals surface area contributed by atoms with Crippen LogP contribution in [0.3, 0.4) is 0 Å². The van der Waals surface area contributed by atoms with Gasteiger partial charge in [0.15, 0.2) is 0 Å². The van der Waals surface area contributed by atoms with E-state index in [0.717, 1.165) is 29.5 Å². The Morgan fingerprint density at radius 2 is 1.95 bits per heavy atom. The maximum Gasteiger partial charge on any atom is 0.237 e. The van der Waals surface area contributed by atoms with E-state index in [1.165, 1.54) is 4.90 Å². The molecule has 21 heavy (non-hydrogen) atoms. The van der Waals surface area contributed by atoms with Gasteiger partial charge < -0.3 is 11.1 Å². The van der Waals surface area contributed by atoms with Gasteiger partial charge in [0.25, 0.3) is 0 Å². The van der Waals surface area contributed by atoms with Crippen LogP contribution in [0.15, 0.2) is 33.6 Å². The SMILES string of the molecule is CC(C)NC(C)(CCCCSc1ccc(Br)cc1)C(N)=O. The molecule has 0 aromatic heterocycles. The number of unbranched alkanes of at least 4 members (excludes halogenated alkanes) is 1. The number of hydrogen-bond acceptors (Lipinski definition) is 3. The van der Waals surface area contributed by atoms with Crippen LogP contribution < -0.4 is 11.1 Å². The van der Waals surface area contributed by atoms with Crippen molar-refractivity contribution in [3.05, 3.63) is 28.7 Å². The second-order valence-electron chi connectivity index (χ2n) is 5.75. The van der Waals surface area contributed by atoms with Gasteiger partial charge >= 0.3 is 0 Å². The Labute approximate surface area is 140 Å². The van der Waals surface area contributed by atoms with Crippen LogP contribution in [0.25, 0.3) is 0 Å². The fraction of sp³-hybridized carbons (Fsp3) is 0.562. The van der Waals surface area contributed by atoms with E-state index in [1.807, 2.05) is 32.5 Å². The monoisotopic (exact) mass is 372 g/mol. The molecule has 1 unspecified atom stereocenters. The molecule has 0 aliphatic rings. The number of rotatable bonds is 9. The van der Waals surface area contributed by atoms with Crippen molar-refractivity contribution in [2.45, 2.75) is 56.5 Å². The molecule has 1 aromatic carbocycles. The Balaban J connectivity index is 2.31. The zero-order valence-electron chi connectivity index (χ0n) is 13.0. The first-order chi connectivity index (χ1) is 9.83. The molecule has 0 aliphatic heterocycles. The molecular formula is C16H25BrN2OS. The minimum Gasteiger partial charge on any atom is -0.368 e. The van der Waals surface area contributed by atoms with Gasteiger partial charge in [0.1, 0.15) is 0 Å². The first-order valence-electron chi connectivity index (χ1n) is 7.29. The van der Waals surface area contributed by atoms with Crippen LogP contribution in [-0.4, -0.2) is 23.2 Å². The lowest BCUT2D eigenvalue weighted by molar-refractivity contribution is -0.124. The van der Waals surface area contributed by atoms with Crippen molar-refractivity contribution in [3.8, 4) is 0 Å². The van der Waals surface area contributed by atoms with Crippen LogP contribution in [0.2, 0.25) is 0 Å². The maximum absolute atomic E-state index is 11.6. The number of benzene rings is 1. The molecular weight excluding hydrogens is 348 g/mol. The topological polar surface area (TPSA) is 55.1 Å². The molecule has 118 valence electrons.